The number of halogens is 1. The predicted molar refractivity (Wildman–Crippen MR) is 129 cm³/mol. The van der Waals surface area contributed by atoms with Crippen molar-refractivity contribution in [3.8, 4) is 5.88 Å². The average molecular weight is 433 g/mol. The van der Waals surface area contributed by atoms with Gasteiger partial charge in [0.1, 0.15) is 5.82 Å². The lowest BCUT2D eigenvalue weighted by Gasteiger charge is -2.36. The molecule has 0 aliphatic carbocycles. The van der Waals surface area contributed by atoms with Crippen molar-refractivity contribution in [1.29, 1.82) is 0 Å². The molecule has 0 atom stereocenters. The molecule has 0 bridgehead atoms. The van der Waals surface area contributed by atoms with Crippen LogP contribution in [-0.4, -0.2) is 55.8 Å². The lowest BCUT2D eigenvalue weighted by Crippen LogP contribution is -2.46. The molecule has 0 radical (unpaired) electrons. The Morgan fingerprint density at radius 3 is 2.84 bits per heavy atom. The first kappa shape index (κ1) is 20.8. The number of anilines is 2. The van der Waals surface area contributed by atoms with Gasteiger partial charge < -0.3 is 15.0 Å². The molecule has 6 heteroatoms. The lowest BCUT2D eigenvalue weighted by atomic mass is 10.1. The summed E-state index contributed by atoms with van der Waals surface area (Å²) < 4.78 is 19.6. The molecule has 3 heterocycles. The maximum absolute atomic E-state index is 13.8. The zero-order valence-electron chi connectivity index (χ0n) is 18.3. The average Bonchev–Trinajstić information content (AvgIpc) is 2.84. The van der Waals surface area contributed by atoms with Gasteiger partial charge in [0.15, 0.2) is 0 Å². The summed E-state index contributed by atoms with van der Waals surface area (Å²) in [5, 5.41) is 5.43. The van der Waals surface area contributed by atoms with E-state index in [0.29, 0.717) is 12.5 Å². The summed E-state index contributed by atoms with van der Waals surface area (Å²) >= 11 is 0. The Balaban J connectivity index is 1.06. The van der Waals surface area contributed by atoms with Gasteiger partial charge in [0.05, 0.1) is 6.61 Å². The molecule has 166 valence electrons. The number of fused-ring (bicyclic) bond motifs is 2. The fourth-order valence-corrected chi connectivity index (χ4v) is 4.50. The zero-order chi connectivity index (χ0) is 21.8. The highest BCUT2D eigenvalue weighted by molar-refractivity contribution is 5.94. The zero-order valence-corrected chi connectivity index (χ0v) is 18.3. The molecule has 2 aromatic carbocycles. The van der Waals surface area contributed by atoms with Crippen LogP contribution in [0.1, 0.15) is 18.4 Å². The van der Waals surface area contributed by atoms with Crippen LogP contribution in [0.15, 0.2) is 54.7 Å². The maximum atomic E-state index is 13.8. The van der Waals surface area contributed by atoms with Crippen LogP contribution >= 0.6 is 0 Å². The van der Waals surface area contributed by atoms with Crippen molar-refractivity contribution in [3.63, 3.8) is 0 Å². The second-order valence-corrected chi connectivity index (χ2v) is 8.42. The van der Waals surface area contributed by atoms with E-state index in [1.54, 1.807) is 6.07 Å². The van der Waals surface area contributed by atoms with Crippen LogP contribution < -0.4 is 15.0 Å². The third-order valence-electron chi connectivity index (χ3n) is 6.27. The van der Waals surface area contributed by atoms with E-state index in [0.717, 1.165) is 79.8 Å². The number of piperazine rings is 1. The Labute approximate surface area is 188 Å². The molecular formula is C26H29FN4O. The molecule has 2 aliphatic heterocycles. The summed E-state index contributed by atoms with van der Waals surface area (Å²) in [6.07, 6.45) is 8.14. The summed E-state index contributed by atoms with van der Waals surface area (Å²) in [7, 11) is 0. The number of unbranched alkanes of at least 4 members (excludes halogenated alkanes) is 1. The van der Waals surface area contributed by atoms with E-state index in [1.165, 1.54) is 6.07 Å². The first-order valence-electron chi connectivity index (χ1n) is 11.5. The third kappa shape index (κ3) is 4.70. The minimum Gasteiger partial charge on any atom is -0.478 e. The van der Waals surface area contributed by atoms with Crippen LogP contribution in [0.25, 0.3) is 16.8 Å². The molecule has 1 saturated heterocycles. The van der Waals surface area contributed by atoms with Crippen LogP contribution in [0.5, 0.6) is 5.88 Å². The summed E-state index contributed by atoms with van der Waals surface area (Å²) in [6, 6.07) is 13.2. The Hall–Kier alpha value is -3.12. The quantitative estimate of drug-likeness (QED) is 0.544. The van der Waals surface area contributed by atoms with Crippen LogP contribution in [-0.2, 0) is 0 Å². The number of aromatic nitrogens is 1. The van der Waals surface area contributed by atoms with Gasteiger partial charge in [-0.2, -0.15) is 0 Å². The molecule has 32 heavy (non-hydrogen) atoms. The molecule has 0 saturated carbocycles. The van der Waals surface area contributed by atoms with Crippen molar-refractivity contribution in [3.05, 3.63) is 66.1 Å². The van der Waals surface area contributed by atoms with Crippen LogP contribution in [0, 0.1) is 5.82 Å². The Morgan fingerprint density at radius 2 is 1.94 bits per heavy atom. The van der Waals surface area contributed by atoms with Gasteiger partial charge in [0.2, 0.25) is 5.88 Å². The van der Waals surface area contributed by atoms with Crippen molar-refractivity contribution in [2.24, 2.45) is 0 Å². The number of rotatable bonds is 7. The molecule has 2 aliphatic rings. The van der Waals surface area contributed by atoms with Gasteiger partial charge in [-0.25, -0.2) is 9.37 Å². The highest BCUT2D eigenvalue weighted by Gasteiger charge is 2.18. The standard InChI is InChI=1S/C26H29FN4O/c27-22-9-8-20-5-3-7-25(23(20)17-22)31-14-12-30(13-15-31)11-1-2-16-32-26-18-24-21(19-29-26)6-4-10-28-24/h3-9,17-19,28H,1-2,10-16H2. The van der Waals surface area contributed by atoms with Crippen molar-refractivity contribution in [1.82, 2.24) is 9.88 Å². The first-order chi connectivity index (χ1) is 15.8. The monoisotopic (exact) mass is 432 g/mol. The van der Waals surface area contributed by atoms with Crippen molar-refractivity contribution in [2.75, 3.05) is 56.1 Å². The highest BCUT2D eigenvalue weighted by atomic mass is 19.1. The van der Waals surface area contributed by atoms with Gasteiger partial charge >= 0.3 is 0 Å². The Bertz CT molecular complexity index is 1110. The second kappa shape index (κ2) is 9.57. The number of nitrogens with one attached hydrogen (secondary N) is 1. The van der Waals surface area contributed by atoms with E-state index in [9.17, 15) is 4.39 Å². The Morgan fingerprint density at radius 1 is 1.03 bits per heavy atom. The van der Waals surface area contributed by atoms with Crippen LogP contribution in [0.2, 0.25) is 0 Å². The van der Waals surface area contributed by atoms with Crippen molar-refractivity contribution >= 4 is 28.2 Å². The minimum atomic E-state index is -0.176. The Kier molecular flexibility index (Phi) is 6.21. The highest BCUT2D eigenvalue weighted by Crippen LogP contribution is 2.28. The van der Waals surface area contributed by atoms with Crippen LogP contribution in [0.4, 0.5) is 15.8 Å². The summed E-state index contributed by atoms with van der Waals surface area (Å²) in [6.45, 7) is 6.59. The van der Waals surface area contributed by atoms with Crippen molar-refractivity contribution < 1.29 is 9.13 Å². The minimum absolute atomic E-state index is 0.176. The third-order valence-corrected chi connectivity index (χ3v) is 6.27. The van der Waals surface area contributed by atoms with E-state index < -0.39 is 0 Å². The number of hydrogen-bond acceptors (Lipinski definition) is 5. The van der Waals surface area contributed by atoms with Gasteiger partial charge in [0, 0.05) is 67.3 Å². The number of ether oxygens (including phenoxy) is 1. The second-order valence-electron chi connectivity index (χ2n) is 8.42. The molecule has 1 fully saturated rings. The molecule has 1 aromatic heterocycles. The van der Waals surface area contributed by atoms with E-state index >= 15 is 0 Å². The smallest absolute Gasteiger partial charge is 0.215 e. The molecule has 0 unspecified atom stereocenters. The molecule has 5 rings (SSSR count). The molecule has 1 N–H and O–H groups in total. The molecule has 3 aromatic rings. The number of nitrogens with zero attached hydrogens (tertiary/aromatic N) is 3. The first-order valence-corrected chi connectivity index (χ1v) is 11.5. The SMILES string of the molecule is Fc1ccc2cccc(N3CCN(CCCCOc4cc5c(cn4)C=CCN5)CC3)c2c1. The van der Waals surface area contributed by atoms with Gasteiger partial charge in [-0.3, -0.25) is 4.90 Å². The van der Waals surface area contributed by atoms with Gasteiger partial charge in [-0.15, -0.1) is 0 Å². The topological polar surface area (TPSA) is 40.6 Å². The normalized spacial score (nSPS) is 16.1. The van der Waals surface area contributed by atoms with Gasteiger partial charge in [-0.1, -0.05) is 30.4 Å². The summed E-state index contributed by atoms with van der Waals surface area (Å²) in [4.78, 5) is 9.28. The largest absolute Gasteiger partial charge is 0.478 e. The predicted octanol–water partition coefficient (Wildman–Crippen LogP) is 4.79. The van der Waals surface area contributed by atoms with Gasteiger partial charge in [-0.05, 0) is 43.0 Å². The number of benzene rings is 2. The van der Waals surface area contributed by atoms with Gasteiger partial charge in [0.25, 0.3) is 0 Å². The lowest BCUT2D eigenvalue weighted by molar-refractivity contribution is 0.236. The van der Waals surface area contributed by atoms with E-state index in [1.807, 2.05) is 24.4 Å². The summed E-state index contributed by atoms with van der Waals surface area (Å²) in [5.74, 6) is 0.510. The fraction of sp³-hybridized carbons (Fsp3) is 0.346. The number of pyridine rings is 1. The van der Waals surface area contributed by atoms with Crippen LogP contribution in [0.3, 0.4) is 0 Å². The van der Waals surface area contributed by atoms with E-state index in [2.05, 4.69) is 44.4 Å². The van der Waals surface area contributed by atoms with E-state index in [4.69, 9.17) is 4.74 Å². The number of hydrogen-bond donors (Lipinski definition) is 1. The molecular weight excluding hydrogens is 403 g/mol. The summed E-state index contributed by atoms with van der Waals surface area (Å²) in [5.41, 5.74) is 3.33. The fourth-order valence-electron chi connectivity index (χ4n) is 4.50. The maximum Gasteiger partial charge on any atom is 0.215 e. The van der Waals surface area contributed by atoms with Crippen molar-refractivity contribution in [2.45, 2.75) is 12.8 Å². The molecule has 0 amide bonds. The molecule has 5 nitrogen and oxygen atoms in total. The van der Waals surface area contributed by atoms with E-state index in [-0.39, 0.29) is 5.82 Å². The molecule has 0 spiro atoms.